The molecule has 5 heteroatoms. The van der Waals surface area contributed by atoms with Gasteiger partial charge in [-0.2, -0.15) is 0 Å². The summed E-state index contributed by atoms with van der Waals surface area (Å²) in [6, 6.07) is 3.84. The number of rotatable bonds is 2. The molecule has 0 saturated heterocycles. The van der Waals surface area contributed by atoms with Gasteiger partial charge in [-0.15, -0.1) is 0 Å². The normalized spacial score (nSPS) is 11.6. The Hall–Kier alpha value is -1.49. The Bertz CT molecular complexity index is 629. The molecule has 1 N–H and O–H groups in total. The van der Waals surface area contributed by atoms with Crippen molar-refractivity contribution in [2.45, 2.75) is 32.6 Å². The van der Waals surface area contributed by atoms with Crippen molar-refractivity contribution in [2.75, 3.05) is 0 Å². The molecule has 0 saturated carbocycles. The van der Waals surface area contributed by atoms with Crippen LogP contribution in [0.3, 0.4) is 0 Å². The molecule has 0 spiro atoms. The van der Waals surface area contributed by atoms with E-state index in [1.165, 1.54) is 0 Å². The van der Waals surface area contributed by atoms with Gasteiger partial charge in [-0.1, -0.05) is 26.8 Å². The molecule has 2 aromatic heterocycles. The highest BCUT2D eigenvalue weighted by Crippen LogP contribution is 2.25. The fourth-order valence-electron chi connectivity index (χ4n) is 1.78. The highest BCUT2D eigenvalue weighted by Gasteiger charge is 2.21. The van der Waals surface area contributed by atoms with Crippen molar-refractivity contribution < 1.29 is 0 Å². The van der Waals surface area contributed by atoms with Gasteiger partial charge in [-0.25, -0.2) is 4.98 Å². The number of pyridine rings is 1. The van der Waals surface area contributed by atoms with Crippen LogP contribution in [0.2, 0.25) is 0 Å². The molecule has 0 aromatic carbocycles. The Labute approximate surface area is 120 Å². The third-order valence-corrected chi connectivity index (χ3v) is 3.45. The first-order valence-corrected chi connectivity index (χ1v) is 6.85. The van der Waals surface area contributed by atoms with Gasteiger partial charge < -0.3 is 4.98 Å². The standard InChI is InChI=1S/C14H16BrN3O/c1-14(2,3)12-11(15)13(19)18-10(17-12)7-9-5-4-6-16-8-9/h4-6,8H,7H2,1-3H3,(H,17,18,19). The maximum atomic E-state index is 11.9. The van der Waals surface area contributed by atoms with Gasteiger partial charge in [0.15, 0.2) is 0 Å². The van der Waals surface area contributed by atoms with Crippen LogP contribution in [0.1, 0.15) is 37.9 Å². The molecule has 100 valence electrons. The second-order valence-electron chi connectivity index (χ2n) is 5.46. The summed E-state index contributed by atoms with van der Waals surface area (Å²) in [6.07, 6.45) is 4.07. The summed E-state index contributed by atoms with van der Waals surface area (Å²) >= 11 is 3.32. The first-order valence-electron chi connectivity index (χ1n) is 6.06. The lowest BCUT2D eigenvalue weighted by Gasteiger charge is -2.19. The molecule has 0 bridgehead atoms. The van der Waals surface area contributed by atoms with Gasteiger partial charge in [-0.3, -0.25) is 9.78 Å². The number of aromatic nitrogens is 3. The quantitative estimate of drug-likeness (QED) is 0.925. The molecular formula is C14H16BrN3O. The highest BCUT2D eigenvalue weighted by atomic mass is 79.9. The third kappa shape index (κ3) is 3.29. The van der Waals surface area contributed by atoms with Crippen molar-refractivity contribution in [3.8, 4) is 0 Å². The van der Waals surface area contributed by atoms with Crippen molar-refractivity contribution in [2.24, 2.45) is 0 Å². The minimum Gasteiger partial charge on any atom is -0.309 e. The highest BCUT2D eigenvalue weighted by molar-refractivity contribution is 9.10. The van der Waals surface area contributed by atoms with Crippen LogP contribution in [0.15, 0.2) is 33.8 Å². The number of H-pyrrole nitrogens is 1. The number of nitrogens with zero attached hydrogens (tertiary/aromatic N) is 2. The fourth-order valence-corrected chi connectivity index (χ4v) is 2.56. The van der Waals surface area contributed by atoms with Crippen LogP contribution in [-0.4, -0.2) is 15.0 Å². The average Bonchev–Trinajstić information content (AvgIpc) is 2.33. The number of hydrogen-bond donors (Lipinski definition) is 1. The Morgan fingerprint density at radius 1 is 1.37 bits per heavy atom. The molecule has 0 aliphatic carbocycles. The molecule has 0 unspecified atom stereocenters. The van der Waals surface area contributed by atoms with E-state index in [0.29, 0.717) is 16.7 Å². The van der Waals surface area contributed by atoms with E-state index in [2.05, 4.69) is 30.9 Å². The zero-order valence-corrected chi connectivity index (χ0v) is 12.8. The van der Waals surface area contributed by atoms with Crippen LogP contribution in [0.4, 0.5) is 0 Å². The zero-order valence-electron chi connectivity index (χ0n) is 11.2. The first-order chi connectivity index (χ1) is 8.88. The van der Waals surface area contributed by atoms with Crippen LogP contribution in [-0.2, 0) is 11.8 Å². The molecule has 2 rings (SSSR count). The van der Waals surface area contributed by atoms with E-state index < -0.39 is 0 Å². The van der Waals surface area contributed by atoms with Crippen LogP contribution in [0.25, 0.3) is 0 Å². The summed E-state index contributed by atoms with van der Waals surface area (Å²) in [5.74, 6) is 0.658. The molecule has 19 heavy (non-hydrogen) atoms. The SMILES string of the molecule is CC(C)(C)c1nc(Cc2cccnc2)[nH]c(=O)c1Br. The van der Waals surface area contributed by atoms with Gasteiger partial charge in [0, 0.05) is 24.2 Å². The van der Waals surface area contributed by atoms with E-state index in [0.717, 1.165) is 11.3 Å². The molecule has 0 amide bonds. The molecule has 0 radical (unpaired) electrons. The summed E-state index contributed by atoms with van der Waals surface area (Å²) in [4.78, 5) is 23.4. The van der Waals surface area contributed by atoms with E-state index in [4.69, 9.17) is 0 Å². The lowest BCUT2D eigenvalue weighted by atomic mass is 9.92. The van der Waals surface area contributed by atoms with Crippen molar-refractivity contribution in [1.82, 2.24) is 15.0 Å². The van der Waals surface area contributed by atoms with Crippen molar-refractivity contribution in [3.63, 3.8) is 0 Å². The number of hydrogen-bond acceptors (Lipinski definition) is 3. The van der Waals surface area contributed by atoms with Gasteiger partial charge >= 0.3 is 0 Å². The van der Waals surface area contributed by atoms with Gasteiger partial charge in [0.05, 0.1) is 5.69 Å². The second-order valence-corrected chi connectivity index (χ2v) is 6.26. The Morgan fingerprint density at radius 3 is 2.68 bits per heavy atom. The molecule has 0 aliphatic rings. The maximum Gasteiger partial charge on any atom is 0.265 e. The van der Waals surface area contributed by atoms with Crippen molar-refractivity contribution in [1.29, 1.82) is 0 Å². The van der Waals surface area contributed by atoms with Crippen LogP contribution < -0.4 is 5.56 Å². The fraction of sp³-hybridized carbons (Fsp3) is 0.357. The summed E-state index contributed by atoms with van der Waals surface area (Å²) in [5.41, 5.74) is 1.47. The molecule has 2 aromatic rings. The summed E-state index contributed by atoms with van der Waals surface area (Å²) in [5, 5.41) is 0. The smallest absolute Gasteiger partial charge is 0.265 e. The molecule has 0 fully saturated rings. The van der Waals surface area contributed by atoms with Gasteiger partial charge in [0.2, 0.25) is 0 Å². The molecular weight excluding hydrogens is 306 g/mol. The van der Waals surface area contributed by atoms with Crippen LogP contribution in [0, 0.1) is 0 Å². The molecule has 0 aliphatic heterocycles. The summed E-state index contributed by atoms with van der Waals surface area (Å²) in [6.45, 7) is 6.11. The van der Waals surface area contributed by atoms with Crippen LogP contribution >= 0.6 is 15.9 Å². The molecule has 0 atom stereocenters. The Balaban J connectivity index is 2.43. The van der Waals surface area contributed by atoms with E-state index in [1.54, 1.807) is 12.4 Å². The molecule has 4 nitrogen and oxygen atoms in total. The minimum absolute atomic E-state index is 0.140. The van der Waals surface area contributed by atoms with Crippen molar-refractivity contribution in [3.05, 3.63) is 56.4 Å². The summed E-state index contributed by atoms with van der Waals surface area (Å²) < 4.78 is 0.509. The number of aromatic amines is 1. The predicted octanol–water partition coefficient (Wildman–Crippen LogP) is 2.82. The Kier molecular flexibility index (Phi) is 3.85. The first kappa shape index (κ1) is 13.9. The summed E-state index contributed by atoms with van der Waals surface area (Å²) in [7, 11) is 0. The molecule has 2 heterocycles. The number of halogens is 1. The average molecular weight is 322 g/mol. The van der Waals surface area contributed by atoms with Gasteiger partial charge in [-0.05, 0) is 27.6 Å². The topological polar surface area (TPSA) is 58.6 Å². The zero-order chi connectivity index (χ0) is 14.0. The lowest BCUT2D eigenvalue weighted by Crippen LogP contribution is -2.23. The van der Waals surface area contributed by atoms with E-state index in [-0.39, 0.29) is 11.0 Å². The minimum atomic E-state index is -0.184. The van der Waals surface area contributed by atoms with Gasteiger partial charge in [0.1, 0.15) is 10.3 Å². The maximum absolute atomic E-state index is 11.9. The van der Waals surface area contributed by atoms with Gasteiger partial charge in [0.25, 0.3) is 5.56 Å². The largest absolute Gasteiger partial charge is 0.309 e. The Morgan fingerprint density at radius 2 is 2.11 bits per heavy atom. The third-order valence-electron chi connectivity index (χ3n) is 2.72. The number of nitrogens with one attached hydrogen (secondary N) is 1. The monoisotopic (exact) mass is 321 g/mol. The van der Waals surface area contributed by atoms with E-state index in [1.807, 2.05) is 32.9 Å². The van der Waals surface area contributed by atoms with E-state index in [9.17, 15) is 4.79 Å². The van der Waals surface area contributed by atoms with E-state index >= 15 is 0 Å². The van der Waals surface area contributed by atoms with Crippen molar-refractivity contribution >= 4 is 15.9 Å². The predicted molar refractivity (Wildman–Crippen MR) is 78.3 cm³/mol. The second kappa shape index (κ2) is 5.25. The lowest BCUT2D eigenvalue weighted by molar-refractivity contribution is 0.557. The van der Waals surface area contributed by atoms with Crippen LogP contribution in [0.5, 0.6) is 0 Å².